The minimum Gasteiger partial charge on any atom is -0.369 e. The highest BCUT2D eigenvalue weighted by Gasteiger charge is 2.38. The van der Waals surface area contributed by atoms with Crippen LogP contribution < -0.4 is 5.73 Å². The largest absolute Gasteiger partial charge is 0.369 e. The number of hydrogen-bond donors (Lipinski definition) is 1. The number of aryl methyl sites for hydroxylation is 2. The van der Waals surface area contributed by atoms with E-state index in [1.165, 1.54) is 29.5 Å². The molecule has 0 aromatic heterocycles. The summed E-state index contributed by atoms with van der Waals surface area (Å²) < 4.78 is 6.28. The van der Waals surface area contributed by atoms with Crippen molar-refractivity contribution in [1.82, 2.24) is 0 Å². The zero-order valence-corrected chi connectivity index (χ0v) is 13.5. The fraction of sp³-hybridized carbons (Fsp3) is 0.667. The molecule has 0 saturated heterocycles. The van der Waals surface area contributed by atoms with Gasteiger partial charge in [-0.05, 0) is 50.5 Å². The third-order valence-corrected chi connectivity index (χ3v) is 4.71. The van der Waals surface area contributed by atoms with Crippen LogP contribution in [0.5, 0.6) is 0 Å². The van der Waals surface area contributed by atoms with E-state index in [1.54, 1.807) is 0 Å². The van der Waals surface area contributed by atoms with E-state index in [0.29, 0.717) is 18.6 Å². The standard InChI is InChI=1S/C18H29NO/c1-14-9-15(2)11-16(10-14)12-20-18(13-19)7-5-17(3,4)6-8-18/h9-11H,5-8,12-13,19H2,1-4H3. The molecule has 0 spiro atoms. The molecule has 0 atom stereocenters. The van der Waals surface area contributed by atoms with Crippen LogP contribution in [0, 0.1) is 19.3 Å². The Morgan fingerprint density at radius 2 is 1.55 bits per heavy atom. The summed E-state index contributed by atoms with van der Waals surface area (Å²) in [5.41, 5.74) is 10.2. The topological polar surface area (TPSA) is 35.2 Å². The van der Waals surface area contributed by atoms with E-state index in [2.05, 4.69) is 45.9 Å². The molecule has 1 aliphatic carbocycles. The normalized spacial score (nSPS) is 20.9. The number of benzene rings is 1. The highest BCUT2D eigenvalue weighted by molar-refractivity contribution is 5.28. The third-order valence-electron chi connectivity index (χ3n) is 4.71. The van der Waals surface area contributed by atoms with Crippen LogP contribution in [0.1, 0.15) is 56.2 Å². The predicted molar refractivity (Wildman–Crippen MR) is 84.7 cm³/mol. The molecule has 2 nitrogen and oxygen atoms in total. The molecule has 0 radical (unpaired) electrons. The first-order valence-corrected chi connectivity index (χ1v) is 7.75. The SMILES string of the molecule is Cc1cc(C)cc(COC2(CN)CCC(C)(C)CC2)c1. The summed E-state index contributed by atoms with van der Waals surface area (Å²) in [4.78, 5) is 0. The maximum atomic E-state index is 6.28. The van der Waals surface area contributed by atoms with Crippen molar-refractivity contribution < 1.29 is 4.74 Å². The zero-order chi connectivity index (χ0) is 14.8. The van der Waals surface area contributed by atoms with E-state index in [0.717, 1.165) is 12.8 Å². The molecule has 1 aliphatic rings. The first-order chi connectivity index (χ1) is 9.34. The van der Waals surface area contributed by atoms with Gasteiger partial charge >= 0.3 is 0 Å². The molecular weight excluding hydrogens is 246 g/mol. The summed E-state index contributed by atoms with van der Waals surface area (Å²) in [5, 5.41) is 0. The summed E-state index contributed by atoms with van der Waals surface area (Å²) in [6.07, 6.45) is 4.58. The Morgan fingerprint density at radius 1 is 1.00 bits per heavy atom. The Balaban J connectivity index is 2.00. The van der Waals surface area contributed by atoms with Crippen molar-refractivity contribution in [3.63, 3.8) is 0 Å². The molecule has 2 N–H and O–H groups in total. The quantitative estimate of drug-likeness (QED) is 0.897. The van der Waals surface area contributed by atoms with Crippen molar-refractivity contribution in [3.05, 3.63) is 34.9 Å². The van der Waals surface area contributed by atoms with Crippen LogP contribution in [0.25, 0.3) is 0 Å². The van der Waals surface area contributed by atoms with Crippen molar-refractivity contribution in [2.24, 2.45) is 11.1 Å². The van der Waals surface area contributed by atoms with Crippen molar-refractivity contribution >= 4 is 0 Å². The Labute approximate surface area is 123 Å². The maximum absolute atomic E-state index is 6.28. The number of nitrogens with two attached hydrogens (primary N) is 1. The molecule has 112 valence electrons. The molecule has 20 heavy (non-hydrogen) atoms. The first kappa shape index (κ1) is 15.5. The lowest BCUT2D eigenvalue weighted by Gasteiger charge is -2.42. The van der Waals surface area contributed by atoms with Crippen molar-refractivity contribution in [2.45, 2.75) is 65.6 Å². The summed E-state index contributed by atoms with van der Waals surface area (Å²) in [6, 6.07) is 6.62. The monoisotopic (exact) mass is 275 g/mol. The van der Waals surface area contributed by atoms with Gasteiger partial charge in [0, 0.05) is 6.54 Å². The van der Waals surface area contributed by atoms with Gasteiger partial charge < -0.3 is 10.5 Å². The minimum absolute atomic E-state index is 0.104. The third kappa shape index (κ3) is 3.83. The fourth-order valence-electron chi connectivity index (χ4n) is 3.18. The van der Waals surface area contributed by atoms with Crippen LogP contribution in [0.3, 0.4) is 0 Å². The lowest BCUT2D eigenvalue weighted by Crippen LogP contribution is -2.45. The molecule has 0 bridgehead atoms. The van der Waals surface area contributed by atoms with Gasteiger partial charge in [-0.3, -0.25) is 0 Å². The van der Waals surface area contributed by atoms with Gasteiger partial charge in [0.1, 0.15) is 0 Å². The van der Waals surface area contributed by atoms with E-state index in [4.69, 9.17) is 10.5 Å². The summed E-state index contributed by atoms with van der Waals surface area (Å²) in [7, 11) is 0. The Kier molecular flexibility index (Phi) is 4.55. The Bertz CT molecular complexity index is 434. The number of ether oxygens (including phenoxy) is 1. The predicted octanol–water partition coefficient (Wildman–Crippen LogP) is 4.12. The number of rotatable bonds is 4. The van der Waals surface area contributed by atoms with Crippen LogP contribution in [0.15, 0.2) is 18.2 Å². The summed E-state index contributed by atoms with van der Waals surface area (Å²) in [5.74, 6) is 0. The van der Waals surface area contributed by atoms with E-state index in [1.807, 2.05) is 0 Å². The van der Waals surface area contributed by atoms with Crippen molar-refractivity contribution in [2.75, 3.05) is 6.54 Å². The smallest absolute Gasteiger partial charge is 0.0809 e. The molecule has 2 rings (SSSR count). The molecule has 0 heterocycles. The Hall–Kier alpha value is -0.860. The van der Waals surface area contributed by atoms with Gasteiger partial charge in [0.05, 0.1) is 12.2 Å². The molecule has 0 unspecified atom stereocenters. The molecule has 0 aliphatic heterocycles. The van der Waals surface area contributed by atoms with Crippen LogP contribution in [0.4, 0.5) is 0 Å². The van der Waals surface area contributed by atoms with E-state index < -0.39 is 0 Å². The van der Waals surface area contributed by atoms with Gasteiger partial charge in [0.25, 0.3) is 0 Å². The molecule has 1 aromatic rings. The molecule has 2 heteroatoms. The average Bonchev–Trinajstić information content (AvgIpc) is 2.37. The molecule has 1 aromatic carbocycles. The minimum atomic E-state index is -0.104. The fourth-order valence-corrected chi connectivity index (χ4v) is 3.18. The van der Waals surface area contributed by atoms with Gasteiger partial charge in [-0.2, -0.15) is 0 Å². The van der Waals surface area contributed by atoms with Crippen molar-refractivity contribution in [3.8, 4) is 0 Å². The highest BCUT2D eigenvalue weighted by atomic mass is 16.5. The second-order valence-corrected chi connectivity index (χ2v) is 7.34. The number of hydrogen-bond acceptors (Lipinski definition) is 2. The molecule has 1 saturated carbocycles. The molecular formula is C18H29NO. The second-order valence-electron chi connectivity index (χ2n) is 7.34. The van der Waals surface area contributed by atoms with Crippen LogP contribution >= 0.6 is 0 Å². The van der Waals surface area contributed by atoms with E-state index >= 15 is 0 Å². The van der Waals surface area contributed by atoms with Gasteiger partial charge in [0.15, 0.2) is 0 Å². The summed E-state index contributed by atoms with van der Waals surface area (Å²) in [6.45, 7) is 10.3. The van der Waals surface area contributed by atoms with Crippen LogP contribution in [0.2, 0.25) is 0 Å². The van der Waals surface area contributed by atoms with Crippen molar-refractivity contribution in [1.29, 1.82) is 0 Å². The van der Waals surface area contributed by atoms with Crippen LogP contribution in [-0.4, -0.2) is 12.1 Å². The van der Waals surface area contributed by atoms with E-state index in [9.17, 15) is 0 Å². The average molecular weight is 275 g/mol. The highest BCUT2D eigenvalue weighted by Crippen LogP contribution is 2.41. The van der Waals surface area contributed by atoms with Gasteiger partial charge in [-0.1, -0.05) is 43.2 Å². The molecule has 1 fully saturated rings. The van der Waals surface area contributed by atoms with Gasteiger partial charge in [0.2, 0.25) is 0 Å². The van der Waals surface area contributed by atoms with Gasteiger partial charge in [-0.15, -0.1) is 0 Å². The summed E-state index contributed by atoms with van der Waals surface area (Å²) >= 11 is 0. The van der Waals surface area contributed by atoms with Gasteiger partial charge in [-0.25, -0.2) is 0 Å². The zero-order valence-electron chi connectivity index (χ0n) is 13.5. The maximum Gasteiger partial charge on any atom is 0.0809 e. The Morgan fingerprint density at radius 3 is 2.05 bits per heavy atom. The van der Waals surface area contributed by atoms with E-state index in [-0.39, 0.29) is 5.60 Å². The second kappa shape index (κ2) is 5.87. The lowest BCUT2D eigenvalue weighted by molar-refractivity contribution is -0.0904. The first-order valence-electron chi connectivity index (χ1n) is 7.75. The molecule has 0 amide bonds. The lowest BCUT2D eigenvalue weighted by atomic mass is 9.71. The van der Waals surface area contributed by atoms with Crippen LogP contribution in [-0.2, 0) is 11.3 Å².